The van der Waals surface area contributed by atoms with Crippen LogP contribution < -0.4 is 5.32 Å². The number of allylic oxidation sites excluding steroid dienone is 2. The molecule has 15 heavy (non-hydrogen) atoms. The molecule has 0 amide bonds. The minimum Gasteiger partial charge on any atom is -0.357 e. The Kier molecular flexibility index (Phi) is 2.03. The van der Waals surface area contributed by atoms with E-state index < -0.39 is 0 Å². The van der Waals surface area contributed by atoms with Gasteiger partial charge in [0.2, 0.25) is 0 Å². The van der Waals surface area contributed by atoms with Crippen LogP contribution >= 0.6 is 11.6 Å². The van der Waals surface area contributed by atoms with Gasteiger partial charge in [0.25, 0.3) is 0 Å². The molecule has 1 aliphatic heterocycles. The number of aliphatic imine (C=N–C) groups is 1. The third-order valence-corrected chi connectivity index (χ3v) is 3.14. The average Bonchev–Trinajstić information content (AvgIpc) is 2.61. The summed E-state index contributed by atoms with van der Waals surface area (Å²) in [6.07, 6.45) is 3.29. The number of anilines is 1. The third kappa shape index (κ3) is 1.45. The molecular formula is C12H11ClN2. The van der Waals surface area contributed by atoms with Crippen LogP contribution in [-0.4, -0.2) is 5.17 Å². The van der Waals surface area contributed by atoms with E-state index in [1.807, 2.05) is 24.3 Å². The largest absolute Gasteiger partial charge is 0.357 e. The maximum absolute atomic E-state index is 6.19. The van der Waals surface area contributed by atoms with E-state index in [2.05, 4.69) is 10.3 Å². The van der Waals surface area contributed by atoms with Gasteiger partial charge in [0.15, 0.2) is 0 Å². The molecule has 0 fully saturated rings. The molecule has 0 unspecified atom stereocenters. The van der Waals surface area contributed by atoms with Crippen molar-refractivity contribution in [1.82, 2.24) is 0 Å². The summed E-state index contributed by atoms with van der Waals surface area (Å²) in [4.78, 5) is 4.48. The van der Waals surface area contributed by atoms with Gasteiger partial charge < -0.3 is 5.32 Å². The fraction of sp³-hybridized carbons (Fsp3) is 0.250. The number of halogens is 1. The zero-order chi connectivity index (χ0) is 10.3. The number of hydrogen-bond acceptors (Lipinski definition) is 2. The molecule has 0 saturated heterocycles. The molecule has 0 atom stereocenters. The highest BCUT2D eigenvalue weighted by Crippen LogP contribution is 2.33. The van der Waals surface area contributed by atoms with Crippen LogP contribution in [0.15, 0.2) is 40.7 Å². The van der Waals surface area contributed by atoms with Crippen LogP contribution in [0.4, 0.5) is 5.69 Å². The van der Waals surface area contributed by atoms with Crippen molar-refractivity contribution in [3.05, 3.63) is 41.2 Å². The van der Waals surface area contributed by atoms with Gasteiger partial charge in [-0.25, -0.2) is 4.99 Å². The highest BCUT2D eigenvalue weighted by atomic mass is 35.5. The lowest BCUT2D eigenvalue weighted by molar-refractivity contribution is 0.889. The van der Waals surface area contributed by atoms with Crippen LogP contribution in [0, 0.1) is 0 Å². The molecule has 0 saturated carbocycles. The molecular weight excluding hydrogens is 208 g/mol. The molecule has 0 aromatic heterocycles. The van der Waals surface area contributed by atoms with Crippen LogP contribution in [0.2, 0.25) is 0 Å². The van der Waals surface area contributed by atoms with Crippen LogP contribution in [0.3, 0.4) is 0 Å². The molecule has 3 heteroatoms. The fourth-order valence-corrected chi connectivity index (χ4v) is 2.37. The van der Waals surface area contributed by atoms with Gasteiger partial charge in [0, 0.05) is 16.9 Å². The first-order chi connectivity index (χ1) is 7.34. The fourth-order valence-electron chi connectivity index (χ4n) is 2.10. The van der Waals surface area contributed by atoms with Crippen molar-refractivity contribution < 1.29 is 0 Å². The van der Waals surface area contributed by atoms with Crippen LogP contribution in [-0.2, 0) is 0 Å². The molecule has 3 rings (SSSR count). The Bertz CT molecular complexity index is 474. The summed E-state index contributed by atoms with van der Waals surface area (Å²) in [5, 5.41) is 4.03. The van der Waals surface area contributed by atoms with Crippen LogP contribution in [0.1, 0.15) is 24.8 Å². The Balaban J connectivity index is 2.16. The van der Waals surface area contributed by atoms with Gasteiger partial charge in [-0.1, -0.05) is 23.7 Å². The first-order valence-electron chi connectivity index (χ1n) is 5.17. The zero-order valence-corrected chi connectivity index (χ0v) is 9.01. The molecule has 2 aliphatic rings. The van der Waals surface area contributed by atoms with Gasteiger partial charge in [-0.2, -0.15) is 0 Å². The number of hydrogen-bond donors (Lipinski definition) is 1. The minimum absolute atomic E-state index is 0.602. The topological polar surface area (TPSA) is 24.4 Å². The van der Waals surface area contributed by atoms with Gasteiger partial charge >= 0.3 is 0 Å². The Morgan fingerprint density at radius 3 is 3.00 bits per heavy atom. The second kappa shape index (κ2) is 3.38. The summed E-state index contributed by atoms with van der Waals surface area (Å²) in [5.74, 6) is 0. The molecule has 0 radical (unpaired) electrons. The summed E-state index contributed by atoms with van der Waals surface area (Å²) in [6.45, 7) is 0. The molecule has 0 bridgehead atoms. The number of fused-ring (bicyclic) bond motifs is 1. The van der Waals surface area contributed by atoms with Crippen molar-refractivity contribution in [3.8, 4) is 0 Å². The highest BCUT2D eigenvalue weighted by molar-refractivity contribution is 6.70. The van der Waals surface area contributed by atoms with E-state index >= 15 is 0 Å². The second-order valence-corrected chi connectivity index (χ2v) is 4.21. The second-order valence-electron chi connectivity index (χ2n) is 3.85. The lowest BCUT2D eigenvalue weighted by Gasteiger charge is -2.08. The normalized spacial score (nSPS) is 18.9. The Morgan fingerprint density at radius 2 is 2.07 bits per heavy atom. The van der Waals surface area contributed by atoms with E-state index in [4.69, 9.17) is 11.6 Å². The molecule has 1 aromatic rings. The highest BCUT2D eigenvalue weighted by Gasteiger charge is 2.20. The van der Waals surface area contributed by atoms with E-state index in [0.717, 1.165) is 29.8 Å². The van der Waals surface area contributed by atoms with Crippen molar-refractivity contribution in [1.29, 1.82) is 0 Å². The summed E-state index contributed by atoms with van der Waals surface area (Å²) in [5.41, 5.74) is 4.42. The van der Waals surface area contributed by atoms with E-state index in [9.17, 15) is 0 Å². The average molecular weight is 219 g/mol. The maximum atomic E-state index is 6.19. The Labute approximate surface area is 93.7 Å². The lowest BCUT2D eigenvalue weighted by atomic mass is 10.2. The standard InChI is InChI=1S/C12H11ClN2/c13-12-8-4-1-2-5-9(8)14-10-6-3-7-11(10)15-12/h1-2,4-5,14H,3,6-7H2. The van der Waals surface area contributed by atoms with Gasteiger partial charge in [-0.3, -0.25) is 0 Å². The summed E-state index contributed by atoms with van der Waals surface area (Å²) < 4.78 is 0. The molecule has 2 nitrogen and oxygen atoms in total. The first kappa shape index (κ1) is 8.98. The Morgan fingerprint density at radius 1 is 1.20 bits per heavy atom. The number of nitrogens with one attached hydrogen (secondary N) is 1. The van der Waals surface area contributed by atoms with E-state index in [-0.39, 0.29) is 0 Å². The van der Waals surface area contributed by atoms with Gasteiger partial charge in [0.05, 0.1) is 5.70 Å². The van der Waals surface area contributed by atoms with Crippen molar-refractivity contribution >= 4 is 22.5 Å². The summed E-state index contributed by atoms with van der Waals surface area (Å²) in [6, 6.07) is 8.03. The Hall–Kier alpha value is -1.28. The predicted molar refractivity (Wildman–Crippen MR) is 63.3 cm³/mol. The molecule has 1 aromatic carbocycles. The van der Waals surface area contributed by atoms with E-state index in [1.54, 1.807) is 0 Å². The van der Waals surface area contributed by atoms with Crippen molar-refractivity contribution in [2.45, 2.75) is 19.3 Å². The zero-order valence-electron chi connectivity index (χ0n) is 8.26. The number of benzene rings is 1. The quantitative estimate of drug-likeness (QED) is 0.708. The molecule has 76 valence electrons. The minimum atomic E-state index is 0.602. The summed E-state index contributed by atoms with van der Waals surface area (Å²) >= 11 is 6.19. The first-order valence-corrected chi connectivity index (χ1v) is 5.55. The molecule has 1 heterocycles. The van der Waals surface area contributed by atoms with Gasteiger partial charge in [-0.05, 0) is 31.4 Å². The van der Waals surface area contributed by atoms with Crippen molar-refractivity contribution in [2.24, 2.45) is 4.99 Å². The smallest absolute Gasteiger partial charge is 0.138 e. The number of nitrogens with zero attached hydrogens (tertiary/aromatic N) is 1. The van der Waals surface area contributed by atoms with Gasteiger partial charge in [0.1, 0.15) is 5.17 Å². The number of rotatable bonds is 0. The monoisotopic (exact) mass is 218 g/mol. The van der Waals surface area contributed by atoms with Crippen LogP contribution in [0.25, 0.3) is 0 Å². The maximum Gasteiger partial charge on any atom is 0.138 e. The molecule has 1 N–H and O–H groups in total. The SMILES string of the molecule is ClC1=NC2=C(CCC2)Nc2ccccc21. The number of para-hydroxylation sites is 1. The molecule has 0 spiro atoms. The lowest BCUT2D eigenvalue weighted by Crippen LogP contribution is -2.00. The van der Waals surface area contributed by atoms with Crippen molar-refractivity contribution in [3.63, 3.8) is 0 Å². The van der Waals surface area contributed by atoms with E-state index in [1.165, 1.54) is 12.1 Å². The summed E-state index contributed by atoms with van der Waals surface area (Å²) in [7, 11) is 0. The third-order valence-electron chi connectivity index (χ3n) is 2.86. The molecule has 1 aliphatic carbocycles. The van der Waals surface area contributed by atoms with E-state index in [0.29, 0.717) is 5.17 Å². The van der Waals surface area contributed by atoms with Crippen LogP contribution in [0.5, 0.6) is 0 Å². The predicted octanol–water partition coefficient (Wildman–Crippen LogP) is 3.49. The van der Waals surface area contributed by atoms with Crippen molar-refractivity contribution in [2.75, 3.05) is 5.32 Å². The van der Waals surface area contributed by atoms with Gasteiger partial charge in [-0.15, -0.1) is 0 Å².